The highest BCUT2D eigenvalue weighted by Gasteiger charge is 2.23. The molecule has 1 aromatic carbocycles. The smallest absolute Gasteiger partial charge is 0.243 e. The summed E-state index contributed by atoms with van der Waals surface area (Å²) >= 11 is 0. The molecule has 1 aromatic rings. The maximum Gasteiger partial charge on any atom is 0.243 e. The summed E-state index contributed by atoms with van der Waals surface area (Å²) in [6.45, 7) is 1.31. The quantitative estimate of drug-likeness (QED) is 0.701. The van der Waals surface area contributed by atoms with Gasteiger partial charge in [-0.2, -0.15) is 4.31 Å². The predicted octanol–water partition coefficient (Wildman–Crippen LogP) is 0.770. The second-order valence-electron chi connectivity index (χ2n) is 3.63. The Hall–Kier alpha value is -0.950. The Morgan fingerprint density at radius 1 is 1.11 bits per heavy atom. The molecule has 0 N–H and O–H groups in total. The molecule has 0 heterocycles. The number of hydrogen-bond acceptors (Lipinski definition) is 4. The molecule has 0 bridgehead atoms. The largest absolute Gasteiger partial charge is 0.383 e. The van der Waals surface area contributed by atoms with Crippen molar-refractivity contribution in [3.63, 3.8) is 0 Å². The number of nitrogens with zero attached hydrogens (tertiary/aromatic N) is 1. The molecule has 0 spiro atoms. The lowest BCUT2D eigenvalue weighted by molar-refractivity contribution is 0.150. The van der Waals surface area contributed by atoms with E-state index in [1.54, 1.807) is 26.4 Å². The Morgan fingerprint density at radius 2 is 1.61 bits per heavy atom. The first-order valence-corrected chi connectivity index (χ1v) is 7.01. The van der Waals surface area contributed by atoms with E-state index in [4.69, 9.17) is 9.47 Å². The summed E-state index contributed by atoms with van der Waals surface area (Å²) in [5.41, 5.74) is 0. The number of benzene rings is 1. The van der Waals surface area contributed by atoms with E-state index in [1.165, 1.54) is 16.4 Å². The summed E-state index contributed by atoms with van der Waals surface area (Å²) in [4.78, 5) is 0.258. The van der Waals surface area contributed by atoms with Crippen LogP contribution >= 0.6 is 0 Å². The van der Waals surface area contributed by atoms with Gasteiger partial charge in [0.25, 0.3) is 0 Å². The second kappa shape index (κ2) is 7.48. The van der Waals surface area contributed by atoms with Gasteiger partial charge >= 0.3 is 0 Å². The average Bonchev–Trinajstić information content (AvgIpc) is 2.39. The molecule has 0 saturated heterocycles. The number of rotatable bonds is 8. The Morgan fingerprint density at radius 3 is 2.06 bits per heavy atom. The number of hydrogen-bond donors (Lipinski definition) is 0. The van der Waals surface area contributed by atoms with E-state index in [2.05, 4.69) is 6.07 Å². The maximum absolute atomic E-state index is 12.3. The van der Waals surface area contributed by atoms with Gasteiger partial charge in [0, 0.05) is 27.3 Å². The molecule has 1 radical (unpaired) electrons. The van der Waals surface area contributed by atoms with E-state index < -0.39 is 10.0 Å². The minimum Gasteiger partial charge on any atom is -0.383 e. The summed E-state index contributed by atoms with van der Waals surface area (Å²) in [6.07, 6.45) is 0. The van der Waals surface area contributed by atoms with E-state index in [1.807, 2.05) is 0 Å². The SMILES string of the molecule is COCCN(CCOC)S(=O)(=O)c1cc[c]cc1. The fraction of sp³-hybridized carbons (Fsp3) is 0.500. The average molecular weight is 272 g/mol. The highest BCUT2D eigenvalue weighted by atomic mass is 32.2. The first-order chi connectivity index (χ1) is 8.62. The van der Waals surface area contributed by atoms with Gasteiger partial charge in [0.15, 0.2) is 0 Å². The molecular weight excluding hydrogens is 254 g/mol. The molecule has 0 aromatic heterocycles. The van der Waals surface area contributed by atoms with E-state index in [-0.39, 0.29) is 4.90 Å². The molecule has 1 rings (SSSR count). The van der Waals surface area contributed by atoms with Gasteiger partial charge in [0.1, 0.15) is 0 Å². The molecule has 0 amide bonds. The van der Waals surface area contributed by atoms with Gasteiger partial charge in [0.05, 0.1) is 18.1 Å². The van der Waals surface area contributed by atoms with Crippen LogP contribution in [0, 0.1) is 6.07 Å². The third-order valence-electron chi connectivity index (χ3n) is 2.42. The standard InChI is InChI=1S/C12H18NO4S/c1-16-10-8-13(9-11-17-2)18(14,15)12-6-4-3-5-7-12/h4-7H,8-11H2,1-2H3. The van der Waals surface area contributed by atoms with E-state index >= 15 is 0 Å². The first kappa shape index (κ1) is 15.1. The minimum absolute atomic E-state index is 0.258. The lowest BCUT2D eigenvalue weighted by Crippen LogP contribution is -2.36. The Balaban J connectivity index is 2.88. The van der Waals surface area contributed by atoms with E-state index in [9.17, 15) is 8.42 Å². The molecule has 5 nitrogen and oxygen atoms in total. The van der Waals surface area contributed by atoms with Crippen LogP contribution in [-0.4, -0.2) is 53.2 Å². The number of ether oxygens (including phenoxy) is 2. The van der Waals surface area contributed by atoms with Crippen molar-refractivity contribution in [1.82, 2.24) is 4.31 Å². The van der Waals surface area contributed by atoms with Gasteiger partial charge in [-0.15, -0.1) is 0 Å². The first-order valence-electron chi connectivity index (χ1n) is 5.57. The highest BCUT2D eigenvalue weighted by Crippen LogP contribution is 2.14. The number of sulfonamides is 1. The van der Waals surface area contributed by atoms with Gasteiger partial charge in [0.2, 0.25) is 10.0 Å². The summed E-state index contributed by atoms with van der Waals surface area (Å²) in [5, 5.41) is 0. The predicted molar refractivity (Wildman–Crippen MR) is 67.8 cm³/mol. The van der Waals surface area contributed by atoms with Crippen LogP contribution in [0.4, 0.5) is 0 Å². The van der Waals surface area contributed by atoms with Crippen molar-refractivity contribution in [2.75, 3.05) is 40.5 Å². The molecule has 6 heteroatoms. The second-order valence-corrected chi connectivity index (χ2v) is 5.56. The van der Waals surface area contributed by atoms with Crippen molar-refractivity contribution >= 4 is 10.0 Å². The van der Waals surface area contributed by atoms with Gasteiger partial charge < -0.3 is 9.47 Å². The van der Waals surface area contributed by atoms with Crippen molar-refractivity contribution in [3.8, 4) is 0 Å². The zero-order valence-corrected chi connectivity index (χ0v) is 11.4. The van der Waals surface area contributed by atoms with Crippen LogP contribution in [-0.2, 0) is 19.5 Å². The summed E-state index contributed by atoms with van der Waals surface area (Å²) < 4.78 is 35.9. The Bertz CT molecular complexity index is 425. The van der Waals surface area contributed by atoms with Crippen LogP contribution in [0.3, 0.4) is 0 Å². The molecule has 0 unspecified atom stereocenters. The Labute approximate surface area is 108 Å². The summed E-state index contributed by atoms with van der Waals surface area (Å²) in [5.74, 6) is 0. The van der Waals surface area contributed by atoms with Crippen LogP contribution in [0.1, 0.15) is 0 Å². The normalized spacial score (nSPS) is 11.9. The molecule has 0 saturated carbocycles. The maximum atomic E-state index is 12.3. The molecule has 0 atom stereocenters. The lowest BCUT2D eigenvalue weighted by atomic mass is 10.4. The fourth-order valence-corrected chi connectivity index (χ4v) is 2.84. The molecule has 101 valence electrons. The lowest BCUT2D eigenvalue weighted by Gasteiger charge is -2.21. The topological polar surface area (TPSA) is 55.8 Å². The third-order valence-corrected chi connectivity index (χ3v) is 4.33. The summed E-state index contributed by atoms with van der Waals surface area (Å²) in [6, 6.07) is 9.02. The molecule has 0 fully saturated rings. The van der Waals surface area contributed by atoms with Crippen LogP contribution in [0.15, 0.2) is 29.2 Å². The van der Waals surface area contributed by atoms with Gasteiger partial charge in [-0.25, -0.2) is 8.42 Å². The highest BCUT2D eigenvalue weighted by molar-refractivity contribution is 7.89. The van der Waals surface area contributed by atoms with Gasteiger partial charge in [-0.1, -0.05) is 12.1 Å². The van der Waals surface area contributed by atoms with Crippen LogP contribution < -0.4 is 0 Å². The third kappa shape index (κ3) is 4.06. The summed E-state index contributed by atoms with van der Waals surface area (Å²) in [7, 11) is -0.412. The molecule has 0 aliphatic rings. The molecule has 0 aliphatic heterocycles. The van der Waals surface area contributed by atoms with Crippen molar-refractivity contribution in [2.24, 2.45) is 0 Å². The van der Waals surface area contributed by atoms with Crippen LogP contribution in [0.25, 0.3) is 0 Å². The van der Waals surface area contributed by atoms with E-state index in [0.29, 0.717) is 26.3 Å². The van der Waals surface area contributed by atoms with Crippen molar-refractivity contribution in [2.45, 2.75) is 4.90 Å². The van der Waals surface area contributed by atoms with Crippen molar-refractivity contribution < 1.29 is 17.9 Å². The molecule has 0 aliphatic carbocycles. The zero-order valence-electron chi connectivity index (χ0n) is 10.6. The van der Waals surface area contributed by atoms with Crippen LogP contribution in [0.5, 0.6) is 0 Å². The monoisotopic (exact) mass is 272 g/mol. The fourth-order valence-electron chi connectivity index (χ4n) is 1.43. The molecular formula is C12H18NO4S. The zero-order chi connectivity index (χ0) is 13.4. The van der Waals surface area contributed by atoms with Gasteiger partial charge in [-0.05, 0) is 18.2 Å². The van der Waals surface area contributed by atoms with Crippen molar-refractivity contribution in [3.05, 3.63) is 30.3 Å². The molecule has 18 heavy (non-hydrogen) atoms. The van der Waals surface area contributed by atoms with Gasteiger partial charge in [-0.3, -0.25) is 0 Å². The minimum atomic E-state index is -3.49. The Kier molecular flexibility index (Phi) is 6.28. The van der Waals surface area contributed by atoms with E-state index in [0.717, 1.165) is 0 Å². The van der Waals surface area contributed by atoms with Crippen LogP contribution in [0.2, 0.25) is 0 Å². The van der Waals surface area contributed by atoms with Crippen molar-refractivity contribution in [1.29, 1.82) is 0 Å². The number of methoxy groups -OCH3 is 2.